The van der Waals surface area contributed by atoms with Gasteiger partial charge in [0.15, 0.2) is 0 Å². The summed E-state index contributed by atoms with van der Waals surface area (Å²) in [7, 11) is 0. The third kappa shape index (κ3) is 1.73. The van der Waals surface area contributed by atoms with E-state index in [0.717, 1.165) is 19.3 Å². The van der Waals surface area contributed by atoms with Crippen LogP contribution in [-0.4, -0.2) is 12.6 Å². The first-order chi connectivity index (χ1) is 5.25. The molecule has 0 bridgehead atoms. The zero-order valence-corrected chi connectivity index (χ0v) is 6.72. The average Bonchev–Trinajstić information content (AvgIpc) is 2.36. The minimum atomic E-state index is -0.234. The van der Waals surface area contributed by atoms with Crippen molar-refractivity contribution in [1.29, 1.82) is 0 Å². The first-order valence-corrected chi connectivity index (χ1v) is 3.90. The topological polar surface area (TPSA) is 52.3 Å². The highest BCUT2D eigenvalue weighted by atomic mass is 16.5. The molecule has 0 saturated carbocycles. The molecule has 0 saturated heterocycles. The lowest BCUT2D eigenvalue weighted by Crippen LogP contribution is -2.10. The number of esters is 1. The van der Waals surface area contributed by atoms with Gasteiger partial charge in [-0.15, -0.1) is 0 Å². The van der Waals surface area contributed by atoms with Crippen LogP contribution in [0.5, 0.6) is 0 Å². The van der Waals surface area contributed by atoms with E-state index in [4.69, 9.17) is 10.5 Å². The third-order valence-corrected chi connectivity index (χ3v) is 1.78. The number of carbonyl (C=O) groups excluding carboxylic acids is 1. The molecule has 0 heterocycles. The predicted molar refractivity (Wildman–Crippen MR) is 41.7 cm³/mol. The Kier molecular flexibility index (Phi) is 2.52. The summed E-state index contributed by atoms with van der Waals surface area (Å²) in [5.74, 6) is -0.234. The maximum Gasteiger partial charge on any atom is 0.335 e. The van der Waals surface area contributed by atoms with Gasteiger partial charge in [-0.3, -0.25) is 0 Å². The first kappa shape index (κ1) is 8.11. The highest BCUT2D eigenvalue weighted by molar-refractivity contribution is 5.89. The SMILES string of the molecule is CCOC(=O)C1=C(N)CCC1. The van der Waals surface area contributed by atoms with Crippen LogP contribution in [0.4, 0.5) is 0 Å². The van der Waals surface area contributed by atoms with Crippen LogP contribution in [0.1, 0.15) is 26.2 Å². The summed E-state index contributed by atoms with van der Waals surface area (Å²) in [6, 6.07) is 0. The lowest BCUT2D eigenvalue weighted by atomic mass is 10.2. The molecule has 11 heavy (non-hydrogen) atoms. The second-order valence-corrected chi connectivity index (χ2v) is 2.58. The zero-order chi connectivity index (χ0) is 8.27. The van der Waals surface area contributed by atoms with Gasteiger partial charge in [-0.1, -0.05) is 0 Å². The maximum atomic E-state index is 11.1. The molecule has 0 aromatic heterocycles. The number of carbonyl (C=O) groups is 1. The lowest BCUT2D eigenvalue weighted by Gasteiger charge is -2.02. The molecule has 0 aromatic carbocycles. The molecule has 0 unspecified atom stereocenters. The number of nitrogens with two attached hydrogens (primary N) is 1. The molecule has 1 aliphatic carbocycles. The Hall–Kier alpha value is -0.990. The van der Waals surface area contributed by atoms with Crippen LogP contribution in [0.2, 0.25) is 0 Å². The van der Waals surface area contributed by atoms with Crippen molar-refractivity contribution in [2.45, 2.75) is 26.2 Å². The van der Waals surface area contributed by atoms with Crippen LogP contribution in [0.3, 0.4) is 0 Å². The van der Waals surface area contributed by atoms with Crippen molar-refractivity contribution < 1.29 is 9.53 Å². The zero-order valence-electron chi connectivity index (χ0n) is 6.72. The minimum Gasteiger partial charge on any atom is -0.463 e. The Bertz CT molecular complexity index is 196. The van der Waals surface area contributed by atoms with E-state index in [1.807, 2.05) is 0 Å². The molecule has 0 aliphatic heterocycles. The van der Waals surface area contributed by atoms with Crippen LogP contribution in [0.25, 0.3) is 0 Å². The standard InChI is InChI=1S/C8H13NO2/c1-2-11-8(10)6-4-3-5-7(6)9/h2-5,9H2,1H3. The van der Waals surface area contributed by atoms with Crippen LogP contribution < -0.4 is 5.73 Å². The van der Waals surface area contributed by atoms with E-state index in [2.05, 4.69) is 0 Å². The van der Waals surface area contributed by atoms with Gasteiger partial charge in [0, 0.05) is 5.70 Å². The summed E-state index contributed by atoms with van der Waals surface area (Å²) in [6.45, 7) is 2.22. The Morgan fingerprint density at radius 1 is 1.64 bits per heavy atom. The molecule has 1 aliphatic rings. The van der Waals surface area contributed by atoms with Crippen molar-refractivity contribution in [2.75, 3.05) is 6.61 Å². The average molecular weight is 155 g/mol. The van der Waals surface area contributed by atoms with Crippen LogP contribution in [0.15, 0.2) is 11.3 Å². The summed E-state index contributed by atoms with van der Waals surface area (Å²) >= 11 is 0. The molecule has 0 atom stereocenters. The smallest absolute Gasteiger partial charge is 0.335 e. The van der Waals surface area contributed by atoms with Gasteiger partial charge in [0.25, 0.3) is 0 Å². The van der Waals surface area contributed by atoms with Crippen molar-refractivity contribution in [1.82, 2.24) is 0 Å². The van der Waals surface area contributed by atoms with Gasteiger partial charge in [-0.05, 0) is 26.2 Å². The molecule has 3 nitrogen and oxygen atoms in total. The van der Waals surface area contributed by atoms with Gasteiger partial charge in [-0.25, -0.2) is 4.79 Å². The molecular formula is C8H13NO2. The van der Waals surface area contributed by atoms with Gasteiger partial charge < -0.3 is 10.5 Å². The first-order valence-electron chi connectivity index (χ1n) is 3.90. The number of hydrogen-bond acceptors (Lipinski definition) is 3. The highest BCUT2D eigenvalue weighted by Gasteiger charge is 2.19. The van der Waals surface area contributed by atoms with E-state index >= 15 is 0 Å². The highest BCUT2D eigenvalue weighted by Crippen LogP contribution is 2.22. The molecule has 0 fully saturated rings. The molecular weight excluding hydrogens is 142 g/mol. The number of ether oxygens (including phenoxy) is 1. The summed E-state index contributed by atoms with van der Waals surface area (Å²) < 4.78 is 4.82. The van der Waals surface area contributed by atoms with Gasteiger partial charge in [0.2, 0.25) is 0 Å². The van der Waals surface area contributed by atoms with E-state index in [-0.39, 0.29) is 5.97 Å². The Labute approximate surface area is 66.2 Å². The summed E-state index contributed by atoms with van der Waals surface area (Å²) in [5.41, 5.74) is 6.99. The van der Waals surface area contributed by atoms with E-state index in [1.165, 1.54) is 0 Å². The molecule has 0 spiro atoms. The molecule has 62 valence electrons. The monoisotopic (exact) mass is 155 g/mol. The third-order valence-electron chi connectivity index (χ3n) is 1.78. The van der Waals surface area contributed by atoms with E-state index in [0.29, 0.717) is 17.9 Å². The van der Waals surface area contributed by atoms with Crippen molar-refractivity contribution in [3.8, 4) is 0 Å². The normalized spacial score (nSPS) is 17.2. The second-order valence-electron chi connectivity index (χ2n) is 2.58. The van der Waals surface area contributed by atoms with Crippen molar-refractivity contribution in [3.05, 3.63) is 11.3 Å². The number of rotatable bonds is 2. The maximum absolute atomic E-state index is 11.1. The Balaban J connectivity index is 2.59. The molecule has 0 aromatic rings. The van der Waals surface area contributed by atoms with E-state index in [1.54, 1.807) is 6.92 Å². The lowest BCUT2D eigenvalue weighted by molar-refractivity contribution is -0.138. The van der Waals surface area contributed by atoms with Crippen molar-refractivity contribution in [3.63, 3.8) is 0 Å². The Morgan fingerprint density at radius 2 is 2.36 bits per heavy atom. The molecule has 0 amide bonds. The largest absolute Gasteiger partial charge is 0.463 e. The van der Waals surface area contributed by atoms with Gasteiger partial charge in [-0.2, -0.15) is 0 Å². The van der Waals surface area contributed by atoms with E-state index in [9.17, 15) is 4.79 Å². The molecule has 0 radical (unpaired) electrons. The van der Waals surface area contributed by atoms with Crippen LogP contribution in [0, 0.1) is 0 Å². The summed E-state index contributed by atoms with van der Waals surface area (Å²) in [6.07, 6.45) is 2.61. The summed E-state index contributed by atoms with van der Waals surface area (Å²) in [5, 5.41) is 0. The fourth-order valence-electron chi connectivity index (χ4n) is 1.22. The molecule has 3 heteroatoms. The number of hydrogen-bond donors (Lipinski definition) is 1. The fourth-order valence-corrected chi connectivity index (χ4v) is 1.22. The van der Waals surface area contributed by atoms with Crippen molar-refractivity contribution >= 4 is 5.97 Å². The van der Waals surface area contributed by atoms with Crippen molar-refractivity contribution in [2.24, 2.45) is 5.73 Å². The van der Waals surface area contributed by atoms with Gasteiger partial charge >= 0.3 is 5.97 Å². The quantitative estimate of drug-likeness (QED) is 0.604. The minimum absolute atomic E-state index is 0.234. The number of allylic oxidation sites excluding steroid dienone is 1. The van der Waals surface area contributed by atoms with Gasteiger partial charge in [0.05, 0.1) is 12.2 Å². The second kappa shape index (κ2) is 3.42. The molecule has 1 rings (SSSR count). The molecule has 2 N–H and O–H groups in total. The van der Waals surface area contributed by atoms with Crippen LogP contribution in [-0.2, 0) is 9.53 Å². The fraction of sp³-hybridized carbons (Fsp3) is 0.625. The Morgan fingerprint density at radius 3 is 2.82 bits per heavy atom. The predicted octanol–water partition coefficient (Wildman–Crippen LogP) is 0.946. The van der Waals surface area contributed by atoms with E-state index < -0.39 is 0 Å². The van der Waals surface area contributed by atoms with Gasteiger partial charge in [0.1, 0.15) is 0 Å². The summed E-state index contributed by atoms with van der Waals surface area (Å²) in [4.78, 5) is 11.1. The van der Waals surface area contributed by atoms with Crippen LogP contribution >= 0.6 is 0 Å².